The molecule has 0 fully saturated rings. The predicted octanol–water partition coefficient (Wildman–Crippen LogP) is 19.7. The van der Waals surface area contributed by atoms with E-state index < -0.39 is 0 Å². The maximum atomic E-state index is 2.53. The van der Waals surface area contributed by atoms with Crippen molar-refractivity contribution in [2.45, 2.75) is 105 Å². The molecular weight excluding hydrogens is 845 g/mol. The first-order valence-electron chi connectivity index (χ1n) is 25.2. The monoisotopic (exact) mass is 911 g/mol. The first kappa shape index (κ1) is 45.3. The first-order valence-corrected chi connectivity index (χ1v) is 25.2. The summed E-state index contributed by atoms with van der Waals surface area (Å²) in [5.74, 6) is 0. The quantitative estimate of drug-likeness (QED) is 0.151. The van der Waals surface area contributed by atoms with E-state index >= 15 is 0 Å². The third-order valence-corrected chi connectivity index (χ3v) is 15.0. The van der Waals surface area contributed by atoms with Crippen molar-refractivity contribution in [2.75, 3.05) is 4.90 Å². The number of hydrogen-bond donors (Lipinski definition) is 0. The molecule has 0 saturated heterocycles. The van der Waals surface area contributed by atoms with E-state index in [1.807, 2.05) is 0 Å². The summed E-state index contributed by atoms with van der Waals surface area (Å²) in [5.41, 5.74) is 17.3. The topological polar surface area (TPSA) is 8.17 Å². The predicted molar refractivity (Wildman–Crippen MR) is 305 cm³/mol. The Hall–Kier alpha value is -7.16. The molecule has 348 valence electrons. The SMILES string of the molecule is CC(C)(C)c1cc(N(c2ccc(-c3ccc(-c4ccccc4)cc3)cc2)c2ccc3ccc4c(-n5c6ccc(C(C)(C)C)cc6c6cc(C(C)(C)C)ccc65)ccc5ccc2c3c54)cc(C(C)(C)C)c1. The highest BCUT2D eigenvalue weighted by Gasteiger charge is 2.27. The van der Waals surface area contributed by atoms with Gasteiger partial charge in [-0.1, -0.05) is 204 Å². The molecule has 10 aromatic carbocycles. The molecule has 2 heteroatoms. The lowest BCUT2D eigenvalue weighted by molar-refractivity contribution is 0.569. The minimum absolute atomic E-state index is 0.0301. The van der Waals surface area contributed by atoms with Crippen LogP contribution in [0.15, 0.2) is 182 Å². The molecule has 0 aliphatic carbocycles. The van der Waals surface area contributed by atoms with Crippen LogP contribution >= 0.6 is 0 Å². The van der Waals surface area contributed by atoms with E-state index in [4.69, 9.17) is 0 Å². The fourth-order valence-corrected chi connectivity index (χ4v) is 10.7. The molecular formula is C68H66N2. The number of hydrogen-bond acceptors (Lipinski definition) is 1. The van der Waals surface area contributed by atoms with Gasteiger partial charge in [-0.25, -0.2) is 0 Å². The van der Waals surface area contributed by atoms with Gasteiger partial charge in [-0.15, -0.1) is 0 Å². The molecule has 0 aliphatic rings. The number of fused-ring (bicyclic) bond motifs is 3. The van der Waals surface area contributed by atoms with Gasteiger partial charge in [-0.05, 0) is 148 Å². The molecule has 11 aromatic rings. The van der Waals surface area contributed by atoms with E-state index in [9.17, 15) is 0 Å². The lowest BCUT2D eigenvalue weighted by Gasteiger charge is -2.32. The number of anilines is 3. The second-order valence-corrected chi connectivity index (χ2v) is 24.0. The van der Waals surface area contributed by atoms with Crippen LogP contribution in [0.3, 0.4) is 0 Å². The van der Waals surface area contributed by atoms with Crippen molar-refractivity contribution in [1.29, 1.82) is 0 Å². The maximum Gasteiger partial charge on any atom is 0.0541 e. The van der Waals surface area contributed by atoms with Gasteiger partial charge in [-0.3, -0.25) is 0 Å². The standard InChI is InChI=1S/C68H66N2/c1-65(2,3)49-28-36-61-57(41-49)58-42-50(66(4,5)6)29-37-62(58)70(61)60-35-27-48-24-32-55-59(34-26-47-25-33-56(60)64(48)63(47)55)69(54-39-51(67(7,8)9)38-52(40-54)68(10,11)12)53-30-22-46(23-31-53)45-20-18-44(19-21-45)43-16-14-13-15-17-43/h13-42H,1-12H3. The van der Waals surface area contributed by atoms with E-state index in [0.717, 1.165) is 5.69 Å². The summed E-state index contributed by atoms with van der Waals surface area (Å²) >= 11 is 0. The minimum Gasteiger partial charge on any atom is -0.310 e. The minimum atomic E-state index is -0.0497. The molecule has 2 nitrogen and oxygen atoms in total. The van der Waals surface area contributed by atoms with Crippen LogP contribution in [-0.2, 0) is 21.7 Å². The highest BCUT2D eigenvalue weighted by Crippen LogP contribution is 2.48. The van der Waals surface area contributed by atoms with Gasteiger partial charge in [0.2, 0.25) is 0 Å². The molecule has 0 atom stereocenters. The molecule has 1 aromatic heterocycles. The highest BCUT2D eigenvalue weighted by atomic mass is 15.1. The van der Waals surface area contributed by atoms with Gasteiger partial charge in [0, 0.05) is 32.9 Å². The van der Waals surface area contributed by atoms with Crippen LogP contribution in [0.1, 0.15) is 105 Å². The highest BCUT2D eigenvalue weighted by molar-refractivity contribution is 6.27. The molecule has 0 radical (unpaired) electrons. The fourth-order valence-electron chi connectivity index (χ4n) is 10.7. The van der Waals surface area contributed by atoms with Crippen LogP contribution in [0.4, 0.5) is 17.1 Å². The number of aromatic nitrogens is 1. The summed E-state index contributed by atoms with van der Waals surface area (Å²) in [6.07, 6.45) is 0. The molecule has 0 saturated carbocycles. The van der Waals surface area contributed by atoms with Crippen LogP contribution in [0, 0.1) is 0 Å². The number of benzene rings is 10. The average Bonchev–Trinajstić information content (AvgIpc) is 3.66. The van der Waals surface area contributed by atoms with Crippen LogP contribution < -0.4 is 4.90 Å². The Balaban J connectivity index is 1.13. The molecule has 0 amide bonds. The normalized spacial score (nSPS) is 12.9. The van der Waals surface area contributed by atoms with Gasteiger partial charge >= 0.3 is 0 Å². The Labute approximate surface area is 415 Å². The van der Waals surface area contributed by atoms with E-state index in [0.29, 0.717) is 0 Å². The van der Waals surface area contributed by atoms with Gasteiger partial charge in [0.15, 0.2) is 0 Å². The molecule has 0 unspecified atom stereocenters. The fraction of sp³-hybridized carbons (Fsp3) is 0.235. The second-order valence-electron chi connectivity index (χ2n) is 24.0. The van der Waals surface area contributed by atoms with Crippen molar-refractivity contribution in [2.24, 2.45) is 0 Å². The van der Waals surface area contributed by atoms with Crippen molar-refractivity contribution < 1.29 is 0 Å². The number of nitrogens with zero attached hydrogens (tertiary/aromatic N) is 2. The summed E-state index contributed by atoms with van der Waals surface area (Å²) in [5, 5.41) is 10.2. The van der Waals surface area contributed by atoms with Crippen molar-refractivity contribution in [3.8, 4) is 27.9 Å². The third kappa shape index (κ3) is 7.83. The van der Waals surface area contributed by atoms with Gasteiger partial charge < -0.3 is 9.47 Å². The molecule has 0 N–H and O–H groups in total. The molecule has 11 rings (SSSR count). The Kier molecular flexibility index (Phi) is 10.5. The zero-order chi connectivity index (χ0) is 49.1. The zero-order valence-corrected chi connectivity index (χ0v) is 43.2. The van der Waals surface area contributed by atoms with E-state index in [1.54, 1.807) is 0 Å². The van der Waals surface area contributed by atoms with Gasteiger partial charge in [-0.2, -0.15) is 0 Å². The van der Waals surface area contributed by atoms with E-state index in [-0.39, 0.29) is 21.7 Å². The molecule has 70 heavy (non-hydrogen) atoms. The Bertz CT molecular complexity index is 3660. The summed E-state index contributed by atoms with van der Waals surface area (Å²) in [7, 11) is 0. The van der Waals surface area contributed by atoms with E-state index in [2.05, 4.69) is 275 Å². The average molecular weight is 911 g/mol. The maximum absolute atomic E-state index is 2.53. The van der Waals surface area contributed by atoms with Crippen molar-refractivity contribution in [3.63, 3.8) is 0 Å². The van der Waals surface area contributed by atoms with Crippen LogP contribution in [0.25, 0.3) is 82.1 Å². The number of rotatable bonds is 6. The summed E-state index contributed by atoms with van der Waals surface area (Å²) in [4.78, 5) is 2.52. The van der Waals surface area contributed by atoms with Gasteiger partial charge in [0.1, 0.15) is 0 Å². The first-order chi connectivity index (χ1) is 33.2. The van der Waals surface area contributed by atoms with Crippen LogP contribution in [0.2, 0.25) is 0 Å². The molecule has 0 bridgehead atoms. The summed E-state index contributed by atoms with van der Waals surface area (Å²) < 4.78 is 2.53. The summed E-state index contributed by atoms with van der Waals surface area (Å²) in [6, 6.07) is 69.2. The lowest BCUT2D eigenvalue weighted by Crippen LogP contribution is -2.19. The van der Waals surface area contributed by atoms with Crippen molar-refractivity contribution in [1.82, 2.24) is 4.57 Å². The lowest BCUT2D eigenvalue weighted by atomic mass is 9.80. The zero-order valence-electron chi connectivity index (χ0n) is 43.2. The third-order valence-electron chi connectivity index (χ3n) is 15.0. The second kappa shape index (κ2) is 16.2. The Morgan fingerprint density at radius 1 is 0.314 bits per heavy atom. The molecule has 0 aliphatic heterocycles. The molecule has 0 spiro atoms. The van der Waals surface area contributed by atoms with Crippen LogP contribution in [0.5, 0.6) is 0 Å². The Morgan fingerprint density at radius 2 is 0.743 bits per heavy atom. The molecule has 1 heterocycles. The van der Waals surface area contributed by atoms with Crippen molar-refractivity contribution in [3.05, 3.63) is 204 Å². The Morgan fingerprint density at radius 3 is 1.24 bits per heavy atom. The largest absolute Gasteiger partial charge is 0.310 e. The van der Waals surface area contributed by atoms with Gasteiger partial charge in [0.05, 0.1) is 22.4 Å². The smallest absolute Gasteiger partial charge is 0.0541 e. The van der Waals surface area contributed by atoms with E-state index in [1.165, 1.54) is 116 Å². The van der Waals surface area contributed by atoms with Gasteiger partial charge in [0.25, 0.3) is 0 Å². The summed E-state index contributed by atoms with van der Waals surface area (Å²) in [6.45, 7) is 27.9. The van der Waals surface area contributed by atoms with Crippen LogP contribution in [-0.4, -0.2) is 4.57 Å². The van der Waals surface area contributed by atoms with Crippen molar-refractivity contribution >= 4 is 71.2 Å².